The lowest BCUT2D eigenvalue weighted by atomic mass is 9.89. The first-order valence-corrected chi connectivity index (χ1v) is 13.9. The molecule has 3 aliphatic rings. The van der Waals surface area contributed by atoms with Crippen molar-refractivity contribution in [1.29, 1.82) is 0 Å². The Morgan fingerprint density at radius 2 is 1.63 bits per heavy atom. The molecule has 1 aromatic rings. The molecule has 1 saturated heterocycles. The number of aromatic nitrogens is 1. The average molecular weight is 451 g/mol. The number of rotatable bonds is 7. The molecular weight excluding hydrogens is 412 g/mol. The van der Waals surface area contributed by atoms with E-state index in [1.165, 1.54) is 94.3 Å². The van der Waals surface area contributed by atoms with Crippen LogP contribution >= 0.6 is 23.1 Å². The molecule has 2 saturated carbocycles. The van der Waals surface area contributed by atoms with E-state index in [1.807, 2.05) is 11.8 Å². The third-order valence-corrected chi connectivity index (χ3v) is 9.39. The number of nitrogens with one attached hydrogen (secondary N) is 1. The predicted octanol–water partition coefficient (Wildman–Crippen LogP) is 6.14. The Bertz CT molecular complexity index is 659. The average Bonchev–Trinajstić information content (AvgIpc) is 3.40. The van der Waals surface area contributed by atoms with Crippen molar-refractivity contribution in [2.75, 3.05) is 30.7 Å². The summed E-state index contributed by atoms with van der Waals surface area (Å²) >= 11 is 3.55. The van der Waals surface area contributed by atoms with E-state index >= 15 is 0 Å². The number of aryl methyl sites for hydroxylation is 1. The quantitative estimate of drug-likeness (QED) is 0.507. The van der Waals surface area contributed by atoms with Crippen molar-refractivity contribution in [2.45, 2.75) is 100 Å². The van der Waals surface area contributed by atoms with Gasteiger partial charge in [0.2, 0.25) is 0 Å². The number of urea groups is 1. The normalized spacial score (nSPS) is 21.8. The van der Waals surface area contributed by atoms with Crippen LogP contribution in [0.2, 0.25) is 0 Å². The standard InChI is InChI=1S/C23H38N4OS2/c1-18-21(29-17-16-26-14-8-9-15-26)30-22(24-18)25-23(28)27(19-10-4-2-5-11-19)20-12-6-3-7-13-20/h19-20H,2-17H2,1H3,(H,24,25,28). The molecule has 7 heteroatoms. The molecule has 0 aromatic carbocycles. The molecule has 1 aliphatic heterocycles. The summed E-state index contributed by atoms with van der Waals surface area (Å²) in [5, 5.41) is 3.98. The molecule has 0 atom stereocenters. The summed E-state index contributed by atoms with van der Waals surface area (Å²) in [6, 6.07) is 0.922. The Labute approximate surface area is 190 Å². The van der Waals surface area contributed by atoms with E-state index in [-0.39, 0.29) is 6.03 Å². The van der Waals surface area contributed by atoms with Gasteiger partial charge in [0, 0.05) is 24.4 Å². The van der Waals surface area contributed by atoms with Gasteiger partial charge in [-0.15, -0.1) is 11.8 Å². The van der Waals surface area contributed by atoms with Gasteiger partial charge >= 0.3 is 6.03 Å². The van der Waals surface area contributed by atoms with Crippen molar-refractivity contribution < 1.29 is 4.79 Å². The number of carbonyl (C=O) groups is 1. The first kappa shape index (κ1) is 22.4. The van der Waals surface area contributed by atoms with Gasteiger partial charge in [0.25, 0.3) is 0 Å². The molecule has 0 radical (unpaired) electrons. The number of amides is 2. The van der Waals surface area contributed by atoms with Crippen LogP contribution < -0.4 is 5.32 Å². The molecule has 1 aromatic heterocycles. The van der Waals surface area contributed by atoms with Gasteiger partial charge < -0.3 is 9.80 Å². The summed E-state index contributed by atoms with van der Waals surface area (Å²) < 4.78 is 1.26. The minimum absolute atomic E-state index is 0.0937. The van der Waals surface area contributed by atoms with Gasteiger partial charge in [0.05, 0.1) is 9.90 Å². The lowest BCUT2D eigenvalue weighted by molar-refractivity contribution is 0.114. The molecule has 2 amide bonds. The van der Waals surface area contributed by atoms with E-state index in [0.29, 0.717) is 12.1 Å². The Balaban J connectivity index is 1.36. The molecule has 2 heterocycles. The summed E-state index contributed by atoms with van der Waals surface area (Å²) in [5.74, 6) is 1.10. The maximum absolute atomic E-state index is 13.4. The van der Waals surface area contributed by atoms with Crippen molar-refractivity contribution >= 4 is 34.3 Å². The Morgan fingerprint density at radius 3 is 2.23 bits per heavy atom. The van der Waals surface area contributed by atoms with Crippen LogP contribution in [0.25, 0.3) is 0 Å². The highest BCUT2D eigenvalue weighted by Crippen LogP contribution is 2.34. The highest BCUT2D eigenvalue weighted by molar-refractivity contribution is 8.01. The van der Waals surface area contributed by atoms with Crippen LogP contribution in [-0.4, -0.2) is 58.3 Å². The van der Waals surface area contributed by atoms with Gasteiger partial charge in [-0.2, -0.15) is 0 Å². The first-order chi connectivity index (χ1) is 14.7. The monoisotopic (exact) mass is 450 g/mol. The number of carbonyl (C=O) groups excluding carboxylic acids is 1. The fourth-order valence-corrected chi connectivity index (χ4v) is 7.55. The number of hydrogen-bond donors (Lipinski definition) is 1. The molecule has 5 nitrogen and oxygen atoms in total. The second-order valence-electron chi connectivity index (χ2n) is 9.21. The van der Waals surface area contributed by atoms with Gasteiger partial charge in [-0.25, -0.2) is 9.78 Å². The molecule has 168 valence electrons. The Kier molecular flexibility index (Phi) is 8.35. The molecule has 30 heavy (non-hydrogen) atoms. The second kappa shape index (κ2) is 11.2. The molecule has 0 bridgehead atoms. The fraction of sp³-hybridized carbons (Fsp3) is 0.826. The summed E-state index contributed by atoms with van der Waals surface area (Å²) in [6.07, 6.45) is 15.0. The largest absolute Gasteiger partial charge is 0.324 e. The summed E-state index contributed by atoms with van der Waals surface area (Å²) in [4.78, 5) is 22.9. The van der Waals surface area contributed by atoms with E-state index in [0.717, 1.165) is 23.1 Å². The topological polar surface area (TPSA) is 48.5 Å². The van der Waals surface area contributed by atoms with Crippen LogP contribution in [0, 0.1) is 6.92 Å². The zero-order chi connectivity index (χ0) is 20.8. The molecule has 0 unspecified atom stereocenters. The maximum atomic E-state index is 13.4. The minimum Gasteiger partial charge on any atom is -0.319 e. The van der Waals surface area contributed by atoms with Crippen LogP contribution in [0.5, 0.6) is 0 Å². The van der Waals surface area contributed by atoms with E-state index in [2.05, 4.69) is 22.0 Å². The zero-order valence-electron chi connectivity index (χ0n) is 18.5. The number of thioether (sulfide) groups is 1. The van der Waals surface area contributed by atoms with Crippen molar-refractivity contribution in [3.63, 3.8) is 0 Å². The third-order valence-electron chi connectivity index (χ3n) is 6.98. The summed E-state index contributed by atoms with van der Waals surface area (Å²) in [6.45, 7) is 5.73. The van der Waals surface area contributed by atoms with Gasteiger partial charge in [-0.05, 0) is 58.5 Å². The number of likely N-dealkylation sites (tertiary alicyclic amines) is 1. The molecule has 3 fully saturated rings. The lowest BCUT2D eigenvalue weighted by Gasteiger charge is -2.41. The van der Waals surface area contributed by atoms with Gasteiger partial charge in [0.1, 0.15) is 0 Å². The van der Waals surface area contributed by atoms with Gasteiger partial charge in [-0.1, -0.05) is 49.9 Å². The van der Waals surface area contributed by atoms with Crippen LogP contribution in [0.1, 0.15) is 82.7 Å². The van der Waals surface area contributed by atoms with Crippen molar-refractivity contribution in [3.05, 3.63) is 5.69 Å². The molecule has 2 aliphatic carbocycles. The molecular formula is C23H38N4OS2. The number of anilines is 1. The zero-order valence-corrected chi connectivity index (χ0v) is 20.2. The SMILES string of the molecule is Cc1nc(NC(=O)N(C2CCCCC2)C2CCCCC2)sc1SCCN1CCCC1. The van der Waals surface area contributed by atoms with Crippen LogP contribution in [0.3, 0.4) is 0 Å². The summed E-state index contributed by atoms with van der Waals surface area (Å²) in [5.41, 5.74) is 1.06. The minimum atomic E-state index is 0.0937. The van der Waals surface area contributed by atoms with E-state index in [1.54, 1.807) is 11.3 Å². The molecule has 4 rings (SSSR count). The lowest BCUT2D eigenvalue weighted by Crippen LogP contribution is -2.50. The number of nitrogens with zero attached hydrogens (tertiary/aromatic N) is 3. The Hall–Kier alpha value is -0.790. The first-order valence-electron chi connectivity index (χ1n) is 12.1. The van der Waals surface area contributed by atoms with Crippen LogP contribution in [0.15, 0.2) is 4.21 Å². The number of thiazole rings is 1. The van der Waals surface area contributed by atoms with E-state index < -0.39 is 0 Å². The van der Waals surface area contributed by atoms with Crippen LogP contribution in [-0.2, 0) is 0 Å². The predicted molar refractivity (Wildman–Crippen MR) is 128 cm³/mol. The highest BCUT2D eigenvalue weighted by Gasteiger charge is 2.33. The van der Waals surface area contributed by atoms with Crippen LogP contribution in [0.4, 0.5) is 9.93 Å². The third kappa shape index (κ3) is 5.92. The highest BCUT2D eigenvalue weighted by atomic mass is 32.2. The maximum Gasteiger partial charge on any atom is 0.324 e. The molecule has 0 spiro atoms. The fourth-order valence-electron chi connectivity index (χ4n) is 5.35. The Morgan fingerprint density at radius 1 is 1.03 bits per heavy atom. The number of hydrogen-bond acceptors (Lipinski definition) is 5. The van der Waals surface area contributed by atoms with Crippen molar-refractivity contribution in [2.24, 2.45) is 0 Å². The summed E-state index contributed by atoms with van der Waals surface area (Å²) in [7, 11) is 0. The van der Waals surface area contributed by atoms with E-state index in [9.17, 15) is 4.79 Å². The van der Waals surface area contributed by atoms with Gasteiger partial charge in [0.15, 0.2) is 5.13 Å². The van der Waals surface area contributed by atoms with Crippen molar-refractivity contribution in [1.82, 2.24) is 14.8 Å². The van der Waals surface area contributed by atoms with E-state index in [4.69, 9.17) is 4.98 Å². The van der Waals surface area contributed by atoms with Crippen molar-refractivity contribution in [3.8, 4) is 0 Å². The van der Waals surface area contributed by atoms with Gasteiger partial charge in [-0.3, -0.25) is 5.32 Å². The molecule has 1 N–H and O–H groups in total. The second-order valence-corrected chi connectivity index (χ2v) is 11.6. The smallest absolute Gasteiger partial charge is 0.319 e.